The quantitative estimate of drug-likeness (QED) is 0.144. The number of thiol groups is 1. The summed E-state index contributed by atoms with van der Waals surface area (Å²) in [5.41, 5.74) is 13.4. The lowest BCUT2D eigenvalue weighted by molar-refractivity contribution is 0.359. The van der Waals surface area contributed by atoms with E-state index < -0.39 is 0 Å². The highest BCUT2D eigenvalue weighted by Crippen LogP contribution is 2.54. The van der Waals surface area contributed by atoms with Crippen molar-refractivity contribution in [2.45, 2.75) is 31.4 Å². The number of fused-ring (bicyclic) bond motifs is 6. The number of aryl methyl sites for hydroxylation is 1. The van der Waals surface area contributed by atoms with E-state index in [1.807, 2.05) is 96.3 Å². The van der Waals surface area contributed by atoms with Crippen LogP contribution in [0.3, 0.4) is 0 Å². The molecule has 3 heterocycles. The smallest absolute Gasteiger partial charge is 0.172 e. The average molecular weight is 1040 g/mol. The first-order valence-corrected chi connectivity index (χ1v) is 27.1. The Bertz CT molecular complexity index is 3950. The van der Waals surface area contributed by atoms with E-state index in [1.54, 1.807) is 0 Å². The van der Waals surface area contributed by atoms with E-state index in [0.717, 1.165) is 66.8 Å². The van der Waals surface area contributed by atoms with E-state index in [1.165, 1.54) is 30.7 Å². The molecule has 11 aromatic carbocycles. The van der Waals surface area contributed by atoms with Gasteiger partial charge in [-0.1, -0.05) is 145 Å². The van der Waals surface area contributed by atoms with Crippen molar-refractivity contribution in [3.8, 4) is 79.4 Å². The topological polar surface area (TPSA) is 43.4 Å². The number of benzene rings is 11. The fraction of sp³-hybridized carbons (Fsp3) is 0.0149. The Morgan fingerprint density at radius 3 is 1.34 bits per heavy atom. The third kappa shape index (κ3) is 8.39. The molecule has 0 saturated heterocycles. The largest absolute Gasteiger partial charge is 0.450 e. The van der Waals surface area contributed by atoms with Crippen LogP contribution in [0, 0.1) is 6.92 Å². The lowest BCUT2D eigenvalue weighted by Gasteiger charge is -2.31. The second kappa shape index (κ2) is 19.2. The van der Waals surface area contributed by atoms with Gasteiger partial charge in [-0.05, 0) is 149 Å². The van der Waals surface area contributed by atoms with Crippen LogP contribution in [0.25, 0.3) is 33.4 Å². The summed E-state index contributed by atoms with van der Waals surface area (Å²) in [6.45, 7) is 2.16. The summed E-state index contributed by atoms with van der Waals surface area (Å²) in [5.74, 6) is 5.11. The van der Waals surface area contributed by atoms with Crippen LogP contribution in [0.2, 0.25) is 0 Å². The molecule has 76 heavy (non-hydrogen) atoms. The zero-order chi connectivity index (χ0) is 50.7. The maximum Gasteiger partial charge on any atom is 0.172 e. The van der Waals surface area contributed by atoms with Crippen LogP contribution < -0.4 is 28.7 Å². The normalized spacial score (nSPS) is 12.4. The molecule has 0 N–H and O–H groups in total. The molecule has 0 radical (unpaired) electrons. The van der Waals surface area contributed by atoms with Gasteiger partial charge in [-0.3, -0.25) is 0 Å². The average Bonchev–Trinajstić information content (AvgIpc) is 3.48. The van der Waals surface area contributed by atoms with E-state index in [0.29, 0.717) is 46.0 Å². The monoisotopic (exact) mass is 1040 g/mol. The third-order valence-corrected chi connectivity index (χ3v) is 16.9. The van der Waals surface area contributed by atoms with Crippen LogP contribution in [0.4, 0.5) is 34.1 Å². The van der Waals surface area contributed by atoms with Crippen LogP contribution in [-0.4, -0.2) is 0 Å². The van der Waals surface area contributed by atoms with Crippen molar-refractivity contribution in [3.63, 3.8) is 0 Å². The molecule has 3 aliphatic rings. The van der Waals surface area contributed by atoms with Gasteiger partial charge in [0.2, 0.25) is 0 Å². The number of hydrogen-bond donors (Lipinski definition) is 1. The summed E-state index contributed by atoms with van der Waals surface area (Å²) in [4.78, 5) is 10.4. The van der Waals surface area contributed by atoms with Crippen LogP contribution in [0.15, 0.2) is 267 Å². The fourth-order valence-corrected chi connectivity index (χ4v) is 12.9. The molecule has 11 aromatic rings. The minimum atomic E-state index is 0.601. The molecule has 364 valence electrons. The molecule has 0 bridgehead atoms. The van der Waals surface area contributed by atoms with Gasteiger partial charge in [0, 0.05) is 59.2 Å². The minimum Gasteiger partial charge on any atom is -0.450 e. The molecule has 0 aliphatic carbocycles. The van der Waals surface area contributed by atoms with Gasteiger partial charge < -0.3 is 28.7 Å². The summed E-state index contributed by atoms with van der Waals surface area (Å²) < 4.78 is 25.7. The Morgan fingerprint density at radius 2 is 0.750 bits per heavy atom. The SMILES string of the molecule is Cc1ccccc1-c1c(-c2ccc(N(c3ccc(-c4ccccc4)cc3)c3ccc4c(c3)Sc3ccccc3S4)cc2)ccc(N(c2ccc3c(c2)Oc2ccccc2O3)c2ccc3c(c2)Oc2ccccc2O3)c1S. The first kappa shape index (κ1) is 45.9. The summed E-state index contributed by atoms with van der Waals surface area (Å²) in [7, 11) is 0. The van der Waals surface area contributed by atoms with Crippen molar-refractivity contribution in [2.75, 3.05) is 9.80 Å². The van der Waals surface area contributed by atoms with Gasteiger partial charge in [-0.15, -0.1) is 12.6 Å². The Balaban J connectivity index is 0.887. The predicted octanol–water partition coefficient (Wildman–Crippen LogP) is 20.6. The molecule has 0 aromatic heterocycles. The number of ether oxygens (including phenoxy) is 4. The summed E-state index contributed by atoms with van der Waals surface area (Å²) in [5, 5.41) is 0. The Morgan fingerprint density at radius 1 is 0.316 bits per heavy atom. The Kier molecular flexibility index (Phi) is 11.6. The van der Waals surface area contributed by atoms with E-state index in [-0.39, 0.29) is 0 Å². The van der Waals surface area contributed by atoms with Crippen LogP contribution >= 0.6 is 36.2 Å². The second-order valence-corrected chi connectivity index (χ2v) is 21.3. The number of rotatable bonds is 9. The highest BCUT2D eigenvalue weighted by atomic mass is 32.2. The van der Waals surface area contributed by atoms with Gasteiger partial charge in [-0.2, -0.15) is 0 Å². The molecule has 6 nitrogen and oxygen atoms in total. The molecular formula is C67H44N2O4S3. The second-order valence-electron chi connectivity index (χ2n) is 18.6. The molecule has 0 atom stereocenters. The molecule has 14 rings (SSSR count). The molecule has 3 aliphatic heterocycles. The summed E-state index contributed by atoms with van der Waals surface area (Å²) in [6, 6.07) is 84.2. The summed E-state index contributed by atoms with van der Waals surface area (Å²) >= 11 is 9.24. The Hall–Kier alpha value is -8.73. The molecular weight excluding hydrogens is 993 g/mol. The van der Waals surface area contributed by atoms with Gasteiger partial charge in [0.25, 0.3) is 0 Å². The number of hydrogen-bond acceptors (Lipinski definition) is 9. The zero-order valence-corrected chi connectivity index (χ0v) is 43.4. The van der Waals surface area contributed by atoms with Crippen LogP contribution in [0.1, 0.15) is 5.56 Å². The maximum absolute atomic E-state index is 6.51. The number of para-hydroxylation sites is 4. The van der Waals surface area contributed by atoms with Crippen molar-refractivity contribution < 1.29 is 18.9 Å². The first-order valence-electron chi connectivity index (χ1n) is 25.0. The molecule has 0 spiro atoms. The highest BCUT2D eigenvalue weighted by molar-refractivity contribution is 8.05. The highest BCUT2D eigenvalue weighted by Gasteiger charge is 2.28. The van der Waals surface area contributed by atoms with Gasteiger partial charge in [-0.25, -0.2) is 0 Å². The predicted molar refractivity (Wildman–Crippen MR) is 312 cm³/mol. The van der Waals surface area contributed by atoms with Crippen LogP contribution in [-0.2, 0) is 0 Å². The number of anilines is 6. The van der Waals surface area contributed by atoms with Crippen molar-refractivity contribution >= 4 is 70.3 Å². The van der Waals surface area contributed by atoms with Gasteiger partial charge in [0.15, 0.2) is 46.0 Å². The summed E-state index contributed by atoms with van der Waals surface area (Å²) in [6.07, 6.45) is 0. The van der Waals surface area contributed by atoms with Crippen molar-refractivity contribution in [2.24, 2.45) is 0 Å². The van der Waals surface area contributed by atoms with Gasteiger partial charge >= 0.3 is 0 Å². The van der Waals surface area contributed by atoms with Crippen molar-refractivity contribution in [1.29, 1.82) is 0 Å². The van der Waals surface area contributed by atoms with Crippen molar-refractivity contribution in [3.05, 3.63) is 248 Å². The van der Waals surface area contributed by atoms with Gasteiger partial charge in [0.1, 0.15) is 0 Å². The standard InChI is InChI=1S/C67H44N2O4S3/c1-42-13-5-6-16-51(42)66-52(45-25-29-47(30-26-45)68(46-27-23-44(24-28-46)43-14-3-2-4-15-43)50-33-38-64-65(41-50)76-63-22-12-11-21-62(63)75-64)34-35-53(67(66)74)69(48-31-36-58-60(39-48)72-56-19-9-7-17-54(56)70-58)49-32-37-59-61(40-49)73-57-20-10-8-18-55(57)71-59/h2-41,74H,1H3. The number of nitrogens with zero attached hydrogens (tertiary/aromatic N) is 2. The lowest BCUT2D eigenvalue weighted by atomic mass is 9.91. The molecule has 0 fully saturated rings. The van der Waals surface area contributed by atoms with Crippen molar-refractivity contribution in [1.82, 2.24) is 0 Å². The van der Waals surface area contributed by atoms with Crippen LogP contribution in [0.5, 0.6) is 46.0 Å². The minimum absolute atomic E-state index is 0.601. The molecule has 0 unspecified atom stereocenters. The molecule has 0 amide bonds. The maximum atomic E-state index is 6.51. The Labute approximate surface area is 455 Å². The third-order valence-electron chi connectivity index (χ3n) is 13.9. The molecule has 9 heteroatoms. The van der Waals surface area contributed by atoms with E-state index in [9.17, 15) is 0 Å². The fourth-order valence-electron chi connectivity index (χ4n) is 10.2. The molecule has 0 saturated carbocycles. The van der Waals surface area contributed by atoms with Gasteiger partial charge in [0.05, 0.1) is 17.1 Å². The lowest BCUT2D eigenvalue weighted by Crippen LogP contribution is -2.13. The first-order chi connectivity index (χ1) is 37.5. The van der Waals surface area contributed by atoms with E-state index in [2.05, 4.69) is 187 Å². The zero-order valence-electron chi connectivity index (χ0n) is 40.9. The van der Waals surface area contributed by atoms with E-state index in [4.69, 9.17) is 31.6 Å². The van der Waals surface area contributed by atoms with E-state index >= 15 is 0 Å².